The lowest BCUT2D eigenvalue weighted by molar-refractivity contribution is -0.181. The van der Waals surface area contributed by atoms with Crippen LogP contribution in [0.5, 0.6) is 0 Å². The molecular formula is C20H24F4N4O5. The molecule has 1 aromatic carbocycles. The minimum atomic E-state index is -3.21. The van der Waals surface area contributed by atoms with Gasteiger partial charge in [0.05, 0.1) is 31.9 Å². The molecule has 13 heteroatoms. The SMILES string of the molecule is CCCC(=O)N1CCN(c2c(F)cc(N3CC(CNC(=O)C(F)F)OC3=O)cc2F)CCO1. The second-order valence-corrected chi connectivity index (χ2v) is 7.49. The van der Waals surface area contributed by atoms with Crippen LogP contribution in [0.25, 0.3) is 0 Å². The van der Waals surface area contributed by atoms with Crippen molar-refractivity contribution in [3.8, 4) is 0 Å². The van der Waals surface area contributed by atoms with E-state index in [1.807, 2.05) is 12.2 Å². The van der Waals surface area contributed by atoms with Crippen molar-refractivity contribution in [3.05, 3.63) is 23.8 Å². The van der Waals surface area contributed by atoms with E-state index in [4.69, 9.17) is 9.57 Å². The standard InChI is InChI=1S/C20H24F4N4O5/c1-2-3-16(29)28-5-4-26(6-7-32-28)17-14(21)8-12(9-15(17)22)27-11-13(33-20(27)31)10-25-19(30)18(23)24/h8-9,13,18H,2-7,10-11H2,1H3,(H,25,30). The number of hydrogen-bond acceptors (Lipinski definition) is 6. The maximum absolute atomic E-state index is 14.9. The first-order valence-electron chi connectivity index (χ1n) is 10.4. The number of amides is 3. The third-order valence-electron chi connectivity index (χ3n) is 5.13. The van der Waals surface area contributed by atoms with Gasteiger partial charge in [0.2, 0.25) is 5.91 Å². The molecule has 33 heavy (non-hydrogen) atoms. The smallest absolute Gasteiger partial charge is 0.414 e. The van der Waals surface area contributed by atoms with Gasteiger partial charge in [-0.1, -0.05) is 6.92 Å². The Morgan fingerprint density at radius 1 is 1.18 bits per heavy atom. The monoisotopic (exact) mass is 476 g/mol. The number of hydroxylamine groups is 2. The Bertz CT molecular complexity index is 880. The van der Waals surface area contributed by atoms with Gasteiger partial charge >= 0.3 is 12.5 Å². The van der Waals surface area contributed by atoms with Crippen molar-refractivity contribution in [3.63, 3.8) is 0 Å². The number of carbonyl (C=O) groups is 3. The quantitative estimate of drug-likeness (QED) is 0.606. The Morgan fingerprint density at radius 2 is 1.88 bits per heavy atom. The number of nitrogens with one attached hydrogen (secondary N) is 1. The van der Waals surface area contributed by atoms with E-state index in [-0.39, 0.29) is 56.6 Å². The number of benzene rings is 1. The van der Waals surface area contributed by atoms with Crippen LogP contribution in [0.2, 0.25) is 0 Å². The van der Waals surface area contributed by atoms with Crippen LogP contribution in [0.4, 0.5) is 33.7 Å². The van der Waals surface area contributed by atoms with E-state index in [0.29, 0.717) is 12.8 Å². The number of hydrogen-bond donors (Lipinski definition) is 1. The molecule has 9 nitrogen and oxygen atoms in total. The summed E-state index contributed by atoms with van der Waals surface area (Å²) in [5.41, 5.74) is -0.437. The number of cyclic esters (lactones) is 1. The van der Waals surface area contributed by atoms with Crippen LogP contribution < -0.4 is 15.1 Å². The van der Waals surface area contributed by atoms with Crippen LogP contribution >= 0.6 is 0 Å². The number of carbonyl (C=O) groups excluding carboxylic acids is 3. The Labute approximate surface area is 187 Å². The summed E-state index contributed by atoms with van der Waals surface area (Å²) in [6, 6.07) is 1.93. The fourth-order valence-electron chi connectivity index (χ4n) is 3.55. The average Bonchev–Trinajstić information content (AvgIpc) is 2.96. The maximum atomic E-state index is 14.9. The molecule has 182 valence electrons. The lowest BCUT2D eigenvalue weighted by atomic mass is 10.2. The molecule has 3 amide bonds. The fraction of sp³-hybridized carbons (Fsp3) is 0.550. The minimum Gasteiger partial charge on any atom is -0.442 e. The highest BCUT2D eigenvalue weighted by Crippen LogP contribution is 2.31. The van der Waals surface area contributed by atoms with Crippen molar-refractivity contribution in [1.82, 2.24) is 10.4 Å². The number of halogens is 4. The molecule has 0 aromatic heterocycles. The zero-order valence-electron chi connectivity index (χ0n) is 17.9. The highest BCUT2D eigenvalue weighted by atomic mass is 19.3. The molecule has 0 bridgehead atoms. The van der Waals surface area contributed by atoms with E-state index in [2.05, 4.69) is 0 Å². The van der Waals surface area contributed by atoms with Crippen molar-refractivity contribution >= 4 is 29.3 Å². The van der Waals surface area contributed by atoms with E-state index < -0.39 is 36.2 Å². The largest absolute Gasteiger partial charge is 0.442 e. The minimum absolute atomic E-state index is 0.0561. The van der Waals surface area contributed by atoms with Crippen LogP contribution in [0.3, 0.4) is 0 Å². The Kier molecular flexibility index (Phi) is 7.95. The third kappa shape index (κ3) is 5.83. The number of nitrogens with zero attached hydrogens (tertiary/aromatic N) is 3. The molecule has 0 saturated carbocycles. The van der Waals surface area contributed by atoms with Crippen LogP contribution in [0.15, 0.2) is 12.1 Å². The van der Waals surface area contributed by atoms with E-state index in [0.717, 1.165) is 17.0 Å². The summed E-state index contributed by atoms with van der Waals surface area (Å²) in [4.78, 5) is 42.8. The molecule has 0 aliphatic carbocycles. The van der Waals surface area contributed by atoms with Gasteiger partial charge in [0.25, 0.3) is 5.91 Å². The van der Waals surface area contributed by atoms with Crippen LogP contribution in [-0.2, 0) is 19.2 Å². The second kappa shape index (κ2) is 10.7. The van der Waals surface area contributed by atoms with Gasteiger partial charge in [-0.25, -0.2) is 18.6 Å². The predicted molar refractivity (Wildman–Crippen MR) is 108 cm³/mol. The molecule has 0 spiro atoms. The van der Waals surface area contributed by atoms with E-state index in [1.165, 1.54) is 9.96 Å². The molecular weight excluding hydrogens is 452 g/mol. The summed E-state index contributed by atoms with van der Waals surface area (Å²) in [6.45, 7) is 1.76. The summed E-state index contributed by atoms with van der Waals surface area (Å²) >= 11 is 0. The van der Waals surface area contributed by atoms with Gasteiger partial charge in [0.1, 0.15) is 11.8 Å². The highest BCUT2D eigenvalue weighted by Gasteiger charge is 2.34. The lowest BCUT2D eigenvalue weighted by Crippen LogP contribution is -2.37. The van der Waals surface area contributed by atoms with Crippen LogP contribution in [-0.4, -0.2) is 74.8 Å². The number of alkyl halides is 2. The summed E-state index contributed by atoms with van der Waals surface area (Å²) in [5, 5.41) is 3.12. The van der Waals surface area contributed by atoms with Crippen molar-refractivity contribution in [2.24, 2.45) is 0 Å². The second-order valence-electron chi connectivity index (χ2n) is 7.49. The molecule has 1 atom stereocenters. The maximum Gasteiger partial charge on any atom is 0.414 e. The Morgan fingerprint density at radius 3 is 2.52 bits per heavy atom. The molecule has 1 N–H and O–H groups in total. The molecule has 2 heterocycles. The van der Waals surface area contributed by atoms with E-state index in [9.17, 15) is 31.9 Å². The van der Waals surface area contributed by atoms with Crippen molar-refractivity contribution in [1.29, 1.82) is 0 Å². The fourth-order valence-corrected chi connectivity index (χ4v) is 3.55. The Balaban J connectivity index is 1.68. The molecule has 2 saturated heterocycles. The molecule has 2 aliphatic rings. The molecule has 2 fully saturated rings. The average molecular weight is 476 g/mol. The van der Waals surface area contributed by atoms with Crippen molar-refractivity contribution in [2.45, 2.75) is 32.3 Å². The predicted octanol–water partition coefficient (Wildman–Crippen LogP) is 2.05. The van der Waals surface area contributed by atoms with Gasteiger partial charge in [-0.15, -0.1) is 0 Å². The third-order valence-corrected chi connectivity index (χ3v) is 5.13. The summed E-state index contributed by atoms with van der Waals surface area (Å²) in [6.07, 6.45) is -4.15. The van der Waals surface area contributed by atoms with Gasteiger partial charge in [-0.2, -0.15) is 8.78 Å². The zero-order chi connectivity index (χ0) is 24.1. The lowest BCUT2D eigenvalue weighted by Gasteiger charge is -2.24. The van der Waals surface area contributed by atoms with Crippen molar-refractivity contribution in [2.75, 3.05) is 49.1 Å². The first-order valence-corrected chi connectivity index (χ1v) is 10.4. The van der Waals surface area contributed by atoms with Crippen molar-refractivity contribution < 1.29 is 41.5 Å². The van der Waals surface area contributed by atoms with Gasteiger partial charge in [-0.3, -0.25) is 19.3 Å². The topological polar surface area (TPSA) is 91.4 Å². The normalized spacial score (nSPS) is 19.0. The number of anilines is 2. The van der Waals surface area contributed by atoms with E-state index >= 15 is 0 Å². The molecule has 1 unspecified atom stereocenters. The number of ether oxygens (including phenoxy) is 1. The van der Waals surface area contributed by atoms with Crippen LogP contribution in [0, 0.1) is 11.6 Å². The molecule has 0 radical (unpaired) electrons. The molecule has 1 aromatic rings. The van der Waals surface area contributed by atoms with E-state index in [1.54, 1.807) is 0 Å². The summed E-state index contributed by atoms with van der Waals surface area (Å²) < 4.78 is 59.3. The zero-order valence-corrected chi connectivity index (χ0v) is 17.9. The highest BCUT2D eigenvalue weighted by molar-refractivity contribution is 5.90. The Hall–Kier alpha value is -3.09. The summed E-state index contributed by atoms with van der Waals surface area (Å²) in [5.74, 6) is -3.58. The summed E-state index contributed by atoms with van der Waals surface area (Å²) in [7, 11) is 0. The number of rotatable bonds is 7. The molecule has 2 aliphatic heterocycles. The first kappa shape index (κ1) is 24.6. The van der Waals surface area contributed by atoms with Gasteiger partial charge in [0, 0.05) is 31.6 Å². The first-order chi connectivity index (χ1) is 15.7. The van der Waals surface area contributed by atoms with Gasteiger partial charge in [0.15, 0.2) is 11.6 Å². The molecule has 3 rings (SSSR count). The van der Waals surface area contributed by atoms with Gasteiger partial charge < -0.3 is 15.0 Å². The van der Waals surface area contributed by atoms with Crippen LogP contribution in [0.1, 0.15) is 19.8 Å². The van der Waals surface area contributed by atoms with Gasteiger partial charge in [-0.05, 0) is 6.42 Å².